The Hall–Kier alpha value is -2.69. The summed E-state index contributed by atoms with van der Waals surface area (Å²) in [6.45, 7) is 3.67. The number of fused-ring (bicyclic) bond motifs is 1. The summed E-state index contributed by atoms with van der Waals surface area (Å²) >= 11 is 0. The number of hydrogen-bond donors (Lipinski definition) is 1. The van der Waals surface area contributed by atoms with Crippen LogP contribution >= 0.6 is 0 Å². The lowest BCUT2D eigenvalue weighted by Gasteiger charge is -2.35. The zero-order valence-corrected chi connectivity index (χ0v) is 21.1. The highest BCUT2D eigenvalue weighted by molar-refractivity contribution is 5.77. The van der Waals surface area contributed by atoms with Crippen molar-refractivity contribution in [3.8, 4) is 5.88 Å². The molecule has 0 atom stereocenters. The van der Waals surface area contributed by atoms with E-state index < -0.39 is 18.3 Å². The molecule has 1 amide bonds. The van der Waals surface area contributed by atoms with Crippen molar-refractivity contribution in [1.29, 1.82) is 0 Å². The summed E-state index contributed by atoms with van der Waals surface area (Å²) in [5, 5.41) is 6.59. The van der Waals surface area contributed by atoms with Crippen LogP contribution in [0.5, 0.6) is 5.88 Å². The maximum atomic E-state index is 15.5. The largest absolute Gasteiger partial charge is 0.465 e. The van der Waals surface area contributed by atoms with E-state index in [1.54, 1.807) is 19.1 Å². The summed E-state index contributed by atoms with van der Waals surface area (Å²) in [4.78, 5) is 18.9. The number of aryl methyl sites for hydroxylation is 2. The number of pyridine rings is 1. The van der Waals surface area contributed by atoms with E-state index in [1.165, 1.54) is 0 Å². The highest BCUT2D eigenvalue weighted by Gasteiger charge is 2.36. The van der Waals surface area contributed by atoms with E-state index >= 15 is 4.39 Å². The molecule has 37 heavy (non-hydrogen) atoms. The topological polar surface area (TPSA) is 80.5 Å². The van der Waals surface area contributed by atoms with Crippen molar-refractivity contribution < 1.29 is 31.6 Å². The molecule has 0 saturated heterocycles. The van der Waals surface area contributed by atoms with Crippen LogP contribution in [0.3, 0.4) is 0 Å². The van der Waals surface area contributed by atoms with Gasteiger partial charge in [0.05, 0.1) is 0 Å². The van der Waals surface area contributed by atoms with Crippen molar-refractivity contribution in [2.75, 3.05) is 26.2 Å². The van der Waals surface area contributed by atoms with E-state index in [0.717, 1.165) is 24.2 Å². The van der Waals surface area contributed by atoms with Gasteiger partial charge >= 0.3 is 6.18 Å². The van der Waals surface area contributed by atoms with E-state index in [2.05, 4.69) is 20.4 Å². The predicted octanol–water partition coefficient (Wildman–Crippen LogP) is 4.51. The van der Waals surface area contributed by atoms with Crippen LogP contribution in [-0.2, 0) is 24.1 Å². The van der Waals surface area contributed by atoms with E-state index in [-0.39, 0.29) is 30.9 Å². The zero-order chi connectivity index (χ0) is 26.5. The summed E-state index contributed by atoms with van der Waals surface area (Å²) in [6.07, 6.45) is -1.43. The molecule has 1 aliphatic carbocycles. The lowest BCUT2D eigenvalue weighted by molar-refractivity contribution is -0.134. The molecule has 1 aliphatic heterocycles. The lowest BCUT2D eigenvalue weighted by atomic mass is 9.81. The van der Waals surface area contributed by atoms with Gasteiger partial charge < -0.3 is 19.5 Å². The molecule has 2 aromatic rings. The Morgan fingerprint density at radius 2 is 2.00 bits per heavy atom. The Morgan fingerprint density at radius 1 is 1.24 bits per heavy atom. The normalized spacial score (nSPS) is 22.8. The molecule has 1 N–H and O–H groups in total. The highest BCUT2D eigenvalue weighted by Crippen LogP contribution is 2.35. The van der Waals surface area contributed by atoms with Crippen LogP contribution in [0, 0.1) is 6.92 Å². The van der Waals surface area contributed by atoms with Crippen molar-refractivity contribution in [3.05, 3.63) is 40.9 Å². The molecule has 2 aromatic heterocycles. The van der Waals surface area contributed by atoms with Gasteiger partial charge in [-0.2, -0.15) is 13.2 Å². The fourth-order valence-corrected chi connectivity index (χ4v) is 5.01. The minimum atomic E-state index is -4.19. The van der Waals surface area contributed by atoms with Crippen LogP contribution in [0.1, 0.15) is 61.2 Å². The first-order valence-corrected chi connectivity index (χ1v) is 12.9. The molecule has 0 bridgehead atoms. The van der Waals surface area contributed by atoms with Gasteiger partial charge in [0.25, 0.3) is 11.8 Å². The Bertz CT molecular complexity index is 1050. The van der Waals surface area contributed by atoms with Crippen LogP contribution in [-0.4, -0.2) is 65.1 Å². The SMILES string of the molecule is Cc1cc(OCC(=O)NC2CCC(F)(CCN3CCc4ccc(CCC(F)(F)F)nc4CC3)CC2)no1. The van der Waals surface area contributed by atoms with Gasteiger partial charge in [-0.15, -0.1) is 0 Å². The smallest absolute Gasteiger partial charge is 0.389 e. The molecule has 1 saturated carbocycles. The summed E-state index contributed by atoms with van der Waals surface area (Å²) < 4.78 is 63.3. The minimum Gasteiger partial charge on any atom is -0.465 e. The number of halogens is 4. The molecule has 2 aliphatic rings. The third kappa shape index (κ3) is 8.41. The van der Waals surface area contributed by atoms with Crippen LogP contribution in [0.2, 0.25) is 0 Å². The minimum absolute atomic E-state index is 0.0793. The zero-order valence-electron chi connectivity index (χ0n) is 21.1. The Kier molecular flexibility index (Phi) is 8.71. The number of hydrogen-bond acceptors (Lipinski definition) is 6. The first-order valence-electron chi connectivity index (χ1n) is 12.9. The van der Waals surface area contributed by atoms with Crippen molar-refractivity contribution in [2.24, 2.45) is 0 Å². The van der Waals surface area contributed by atoms with Gasteiger partial charge in [0.15, 0.2) is 6.61 Å². The second-order valence-corrected chi connectivity index (χ2v) is 10.2. The fraction of sp³-hybridized carbons (Fsp3) is 0.654. The Morgan fingerprint density at radius 3 is 2.70 bits per heavy atom. The number of carbonyl (C=O) groups is 1. The number of nitrogens with zero attached hydrogens (tertiary/aromatic N) is 3. The molecular weight excluding hydrogens is 492 g/mol. The molecule has 0 unspecified atom stereocenters. The van der Waals surface area contributed by atoms with Crippen LogP contribution in [0.15, 0.2) is 22.7 Å². The van der Waals surface area contributed by atoms with Crippen molar-refractivity contribution in [2.45, 2.75) is 82.6 Å². The second-order valence-electron chi connectivity index (χ2n) is 10.2. The molecule has 7 nitrogen and oxygen atoms in total. The molecule has 11 heteroatoms. The maximum absolute atomic E-state index is 15.5. The maximum Gasteiger partial charge on any atom is 0.389 e. The van der Waals surface area contributed by atoms with E-state index in [4.69, 9.17) is 9.26 Å². The lowest BCUT2D eigenvalue weighted by Crippen LogP contribution is -2.44. The summed E-state index contributed by atoms with van der Waals surface area (Å²) in [7, 11) is 0. The third-order valence-electron chi connectivity index (χ3n) is 7.23. The van der Waals surface area contributed by atoms with E-state index in [0.29, 0.717) is 63.1 Å². The number of amides is 1. The first kappa shape index (κ1) is 27.3. The van der Waals surface area contributed by atoms with Crippen molar-refractivity contribution in [3.63, 3.8) is 0 Å². The van der Waals surface area contributed by atoms with Gasteiger partial charge in [0.1, 0.15) is 11.4 Å². The summed E-state index contributed by atoms with van der Waals surface area (Å²) in [6, 6.07) is 5.10. The molecular formula is C26H34F4N4O3. The monoisotopic (exact) mass is 526 g/mol. The van der Waals surface area contributed by atoms with Gasteiger partial charge in [-0.25, -0.2) is 4.39 Å². The summed E-state index contributed by atoms with van der Waals surface area (Å²) in [5.41, 5.74) is 1.12. The highest BCUT2D eigenvalue weighted by atomic mass is 19.4. The van der Waals surface area contributed by atoms with Gasteiger partial charge in [-0.3, -0.25) is 9.78 Å². The average molecular weight is 527 g/mol. The summed E-state index contributed by atoms with van der Waals surface area (Å²) in [5.74, 6) is 0.585. The van der Waals surface area contributed by atoms with Crippen LogP contribution in [0.4, 0.5) is 17.6 Å². The molecule has 4 rings (SSSR count). The molecule has 0 aromatic carbocycles. The molecule has 3 heterocycles. The van der Waals surface area contributed by atoms with Crippen molar-refractivity contribution in [1.82, 2.24) is 20.4 Å². The van der Waals surface area contributed by atoms with Gasteiger partial charge in [-0.1, -0.05) is 6.07 Å². The van der Waals surface area contributed by atoms with Gasteiger partial charge in [-0.05, 0) is 68.7 Å². The Labute approximate surface area is 213 Å². The van der Waals surface area contributed by atoms with Crippen LogP contribution in [0.25, 0.3) is 0 Å². The van der Waals surface area contributed by atoms with E-state index in [1.807, 2.05) is 6.07 Å². The number of aromatic nitrogens is 2. The average Bonchev–Trinajstić information content (AvgIpc) is 3.16. The molecule has 0 spiro atoms. The number of ether oxygens (including phenoxy) is 1. The first-order chi connectivity index (χ1) is 17.6. The fourth-order valence-electron chi connectivity index (χ4n) is 5.01. The van der Waals surface area contributed by atoms with Gasteiger partial charge in [0, 0.05) is 56.0 Å². The molecule has 204 valence electrons. The second kappa shape index (κ2) is 11.8. The number of rotatable bonds is 9. The Balaban J connectivity index is 1.17. The number of carbonyl (C=O) groups excluding carboxylic acids is 1. The molecule has 1 fully saturated rings. The van der Waals surface area contributed by atoms with Crippen molar-refractivity contribution >= 4 is 5.91 Å². The number of alkyl halides is 4. The van der Waals surface area contributed by atoms with Gasteiger partial charge in [0.2, 0.25) is 0 Å². The quantitative estimate of drug-likeness (QED) is 0.485. The standard InChI is InChI=1S/C26H34F4N4O3/c1-18-16-24(33-37-18)36-17-23(35)32-21-4-9-25(27,10-5-21)12-15-34-13-7-19-2-3-20(6-11-26(28,29)30)31-22(19)8-14-34/h2-3,16,21H,4-15,17H2,1H3,(H,32,35). The predicted molar refractivity (Wildman–Crippen MR) is 128 cm³/mol. The third-order valence-corrected chi connectivity index (χ3v) is 7.23. The molecule has 0 radical (unpaired) electrons. The number of nitrogens with one attached hydrogen (secondary N) is 1. The van der Waals surface area contributed by atoms with E-state index in [9.17, 15) is 18.0 Å². The van der Waals surface area contributed by atoms with Crippen LogP contribution < -0.4 is 10.1 Å².